The first-order chi connectivity index (χ1) is 8.13. The number of hydrogen-bond donors (Lipinski definition) is 1. The number of aryl methyl sites for hydroxylation is 1. The van der Waals surface area contributed by atoms with Gasteiger partial charge in [0.2, 0.25) is 0 Å². The predicted molar refractivity (Wildman–Crippen MR) is 72.3 cm³/mol. The second-order valence-corrected chi connectivity index (χ2v) is 4.28. The Kier molecular flexibility index (Phi) is 3.24. The van der Waals surface area contributed by atoms with Crippen LogP contribution in [0.3, 0.4) is 0 Å². The van der Waals surface area contributed by atoms with Gasteiger partial charge in [-0.1, -0.05) is 24.3 Å². The Morgan fingerprint density at radius 1 is 1.41 bits per heavy atom. The van der Waals surface area contributed by atoms with Gasteiger partial charge in [0.1, 0.15) is 5.70 Å². The molecule has 0 unspecified atom stereocenters. The fraction of sp³-hybridized carbons (Fsp3) is 0.231. The molecule has 1 aromatic rings. The van der Waals surface area contributed by atoms with Crippen LogP contribution in [0.25, 0.3) is 6.08 Å². The van der Waals surface area contributed by atoms with Gasteiger partial charge in [0.25, 0.3) is 5.91 Å². The van der Waals surface area contributed by atoms with E-state index in [9.17, 15) is 4.79 Å². The van der Waals surface area contributed by atoms with E-state index in [-0.39, 0.29) is 5.91 Å². The van der Waals surface area contributed by atoms with Crippen LogP contribution in [-0.4, -0.2) is 22.5 Å². The lowest BCUT2D eigenvalue weighted by Gasteiger charge is -2.08. The van der Waals surface area contributed by atoms with Crippen molar-refractivity contribution in [3.05, 3.63) is 41.1 Å². The molecule has 1 N–H and O–H groups in total. The average Bonchev–Trinajstić information content (AvgIpc) is 2.57. The number of carbonyl (C=O) groups excluding carboxylic acids is 1. The van der Waals surface area contributed by atoms with Crippen LogP contribution in [-0.2, 0) is 4.79 Å². The van der Waals surface area contributed by atoms with E-state index < -0.39 is 0 Å². The molecule has 88 valence electrons. The summed E-state index contributed by atoms with van der Waals surface area (Å²) in [6.45, 7) is 4.51. The number of benzene rings is 1. The van der Waals surface area contributed by atoms with Crippen molar-refractivity contribution in [3.8, 4) is 0 Å². The largest absolute Gasteiger partial charge is 0.328 e. The van der Waals surface area contributed by atoms with E-state index in [0.29, 0.717) is 17.4 Å². The Hall–Kier alpha value is -1.68. The molecular weight excluding hydrogens is 232 g/mol. The van der Waals surface area contributed by atoms with Gasteiger partial charge >= 0.3 is 0 Å². The number of nitrogens with one attached hydrogen (secondary N) is 1. The molecule has 0 spiro atoms. The van der Waals surface area contributed by atoms with Gasteiger partial charge in [-0.25, -0.2) is 0 Å². The third-order valence-corrected chi connectivity index (χ3v) is 3.09. The monoisotopic (exact) mass is 246 g/mol. The fourth-order valence-electron chi connectivity index (χ4n) is 1.76. The first-order valence-corrected chi connectivity index (χ1v) is 5.94. The Bertz CT molecular complexity index is 508. The summed E-state index contributed by atoms with van der Waals surface area (Å²) in [5.74, 6) is -0.0549. The van der Waals surface area contributed by atoms with Gasteiger partial charge in [0.15, 0.2) is 5.11 Å². The number of rotatable bonds is 2. The highest BCUT2D eigenvalue weighted by atomic mass is 32.1. The van der Waals surface area contributed by atoms with Crippen LogP contribution >= 0.6 is 12.2 Å². The summed E-state index contributed by atoms with van der Waals surface area (Å²) in [5.41, 5.74) is 2.71. The first kappa shape index (κ1) is 11.8. The quantitative estimate of drug-likeness (QED) is 0.640. The van der Waals surface area contributed by atoms with E-state index in [1.807, 2.05) is 44.2 Å². The van der Waals surface area contributed by atoms with Crippen molar-refractivity contribution in [3.63, 3.8) is 0 Å². The lowest BCUT2D eigenvalue weighted by Crippen LogP contribution is -2.30. The molecule has 4 heteroatoms. The fourth-order valence-corrected chi connectivity index (χ4v) is 2.09. The van der Waals surface area contributed by atoms with Gasteiger partial charge in [-0.3, -0.25) is 9.69 Å². The van der Waals surface area contributed by atoms with Crippen molar-refractivity contribution < 1.29 is 4.79 Å². The Morgan fingerprint density at radius 2 is 2.12 bits per heavy atom. The van der Waals surface area contributed by atoms with Crippen LogP contribution < -0.4 is 5.32 Å². The second kappa shape index (κ2) is 4.67. The zero-order valence-corrected chi connectivity index (χ0v) is 10.7. The lowest BCUT2D eigenvalue weighted by atomic mass is 10.1. The first-order valence-electron chi connectivity index (χ1n) is 5.53. The van der Waals surface area contributed by atoms with Gasteiger partial charge in [-0.05, 0) is 43.3 Å². The zero-order valence-electron chi connectivity index (χ0n) is 9.86. The molecule has 1 amide bonds. The normalized spacial score (nSPS) is 17.8. The molecule has 1 aliphatic heterocycles. The minimum atomic E-state index is -0.0549. The van der Waals surface area contributed by atoms with E-state index in [0.717, 1.165) is 11.1 Å². The molecule has 0 saturated carbocycles. The maximum absolute atomic E-state index is 12.0. The minimum Gasteiger partial charge on any atom is -0.328 e. The zero-order chi connectivity index (χ0) is 12.4. The van der Waals surface area contributed by atoms with Crippen molar-refractivity contribution in [1.29, 1.82) is 0 Å². The molecule has 17 heavy (non-hydrogen) atoms. The van der Waals surface area contributed by atoms with Crippen LogP contribution in [0.2, 0.25) is 0 Å². The van der Waals surface area contributed by atoms with Gasteiger partial charge in [0.05, 0.1) is 0 Å². The van der Waals surface area contributed by atoms with E-state index in [2.05, 4.69) is 5.32 Å². The molecule has 1 aliphatic rings. The molecular formula is C13H14N2OS. The summed E-state index contributed by atoms with van der Waals surface area (Å²) < 4.78 is 0. The standard InChI is InChI=1S/C13H14N2OS/c1-3-15-12(16)11(14-13(15)17)8-10-7-5-4-6-9(10)2/h4-8H,3H2,1-2H3,(H,14,17)/b11-8+. The summed E-state index contributed by atoms with van der Waals surface area (Å²) in [6, 6.07) is 7.93. The maximum atomic E-state index is 12.0. The molecule has 2 rings (SSSR count). The van der Waals surface area contributed by atoms with Crippen LogP contribution in [0.4, 0.5) is 0 Å². The molecule has 0 radical (unpaired) electrons. The summed E-state index contributed by atoms with van der Waals surface area (Å²) in [5, 5.41) is 3.43. The molecule has 0 aromatic heterocycles. The molecule has 1 aromatic carbocycles. The van der Waals surface area contributed by atoms with Crippen molar-refractivity contribution >= 4 is 29.3 Å². The van der Waals surface area contributed by atoms with Gasteiger partial charge < -0.3 is 5.32 Å². The van der Waals surface area contributed by atoms with Crippen LogP contribution in [0.5, 0.6) is 0 Å². The molecule has 0 atom stereocenters. The Balaban J connectivity index is 2.34. The third-order valence-electron chi connectivity index (χ3n) is 2.77. The smallest absolute Gasteiger partial charge is 0.276 e. The van der Waals surface area contributed by atoms with E-state index in [4.69, 9.17) is 12.2 Å². The van der Waals surface area contributed by atoms with Gasteiger partial charge in [0, 0.05) is 6.54 Å². The second-order valence-electron chi connectivity index (χ2n) is 3.89. The topological polar surface area (TPSA) is 32.3 Å². The molecule has 1 fully saturated rings. The highest BCUT2D eigenvalue weighted by molar-refractivity contribution is 7.80. The SMILES string of the molecule is CCN1C(=O)/C(=C\c2ccccc2C)NC1=S. The van der Waals surface area contributed by atoms with E-state index >= 15 is 0 Å². The van der Waals surface area contributed by atoms with Gasteiger partial charge in [-0.15, -0.1) is 0 Å². The Labute approximate surface area is 106 Å². The number of likely N-dealkylation sites (N-methyl/N-ethyl adjacent to an activating group) is 1. The molecule has 3 nitrogen and oxygen atoms in total. The summed E-state index contributed by atoms with van der Waals surface area (Å²) in [7, 11) is 0. The summed E-state index contributed by atoms with van der Waals surface area (Å²) >= 11 is 5.10. The highest BCUT2D eigenvalue weighted by Gasteiger charge is 2.28. The summed E-state index contributed by atoms with van der Waals surface area (Å²) in [6.07, 6.45) is 1.85. The number of hydrogen-bond acceptors (Lipinski definition) is 2. The highest BCUT2D eigenvalue weighted by Crippen LogP contribution is 2.16. The van der Waals surface area contributed by atoms with Crippen LogP contribution in [0.1, 0.15) is 18.1 Å². The van der Waals surface area contributed by atoms with Crippen LogP contribution in [0.15, 0.2) is 30.0 Å². The number of amides is 1. The number of nitrogens with zero attached hydrogens (tertiary/aromatic N) is 1. The molecule has 0 bridgehead atoms. The Morgan fingerprint density at radius 3 is 2.71 bits per heavy atom. The number of thiocarbonyl (C=S) groups is 1. The minimum absolute atomic E-state index is 0.0549. The third kappa shape index (κ3) is 2.22. The summed E-state index contributed by atoms with van der Waals surface area (Å²) in [4.78, 5) is 13.5. The van der Waals surface area contributed by atoms with Crippen molar-refractivity contribution in [2.24, 2.45) is 0 Å². The number of carbonyl (C=O) groups is 1. The van der Waals surface area contributed by atoms with Gasteiger partial charge in [-0.2, -0.15) is 0 Å². The molecule has 1 heterocycles. The van der Waals surface area contributed by atoms with E-state index in [1.54, 1.807) is 4.90 Å². The van der Waals surface area contributed by atoms with E-state index in [1.165, 1.54) is 0 Å². The van der Waals surface area contributed by atoms with Crippen LogP contribution in [0, 0.1) is 6.92 Å². The molecule has 1 saturated heterocycles. The average molecular weight is 246 g/mol. The predicted octanol–water partition coefficient (Wildman–Crippen LogP) is 2.07. The molecule has 0 aliphatic carbocycles. The van der Waals surface area contributed by atoms with Crippen molar-refractivity contribution in [2.45, 2.75) is 13.8 Å². The van der Waals surface area contributed by atoms with Crippen molar-refractivity contribution in [1.82, 2.24) is 10.2 Å². The van der Waals surface area contributed by atoms with Crippen molar-refractivity contribution in [2.75, 3.05) is 6.54 Å². The maximum Gasteiger partial charge on any atom is 0.276 e. The lowest BCUT2D eigenvalue weighted by molar-refractivity contribution is -0.122.